The molecule has 0 bridgehead atoms. The van der Waals surface area contributed by atoms with E-state index in [2.05, 4.69) is 5.32 Å². The summed E-state index contributed by atoms with van der Waals surface area (Å²) < 4.78 is 46.8. The molecule has 1 aliphatic rings. The van der Waals surface area contributed by atoms with Crippen LogP contribution < -0.4 is 10.1 Å². The number of ether oxygens (including phenoxy) is 1. The molecule has 2 aromatic carbocycles. The highest BCUT2D eigenvalue weighted by Crippen LogP contribution is 2.28. The van der Waals surface area contributed by atoms with Crippen LogP contribution in [-0.2, 0) is 23.0 Å². The summed E-state index contributed by atoms with van der Waals surface area (Å²) in [5, 5.41) is 4.74. The predicted molar refractivity (Wildman–Crippen MR) is 121 cm³/mol. The number of rotatable bonds is 7. The van der Waals surface area contributed by atoms with Gasteiger partial charge in [0.05, 0.1) is 10.9 Å². The maximum atomic E-state index is 13.7. The van der Waals surface area contributed by atoms with Crippen LogP contribution in [0.2, 0.25) is 0 Å². The molecule has 1 amide bonds. The molecule has 1 N–H and O–H groups in total. The largest absolute Gasteiger partial charge is 0.488 e. The van der Waals surface area contributed by atoms with Gasteiger partial charge in [-0.3, -0.25) is 4.79 Å². The summed E-state index contributed by atoms with van der Waals surface area (Å²) in [6.45, 7) is 2.55. The Labute approximate surface area is 190 Å². The molecule has 9 heteroatoms. The normalized spacial score (nSPS) is 15.1. The van der Waals surface area contributed by atoms with E-state index in [-0.39, 0.29) is 22.8 Å². The number of thiophene rings is 1. The second-order valence-corrected chi connectivity index (χ2v) is 10.5. The van der Waals surface area contributed by atoms with E-state index in [9.17, 15) is 17.6 Å². The van der Waals surface area contributed by atoms with E-state index < -0.39 is 27.8 Å². The van der Waals surface area contributed by atoms with E-state index in [1.165, 1.54) is 33.4 Å². The van der Waals surface area contributed by atoms with Crippen LogP contribution in [0, 0.1) is 5.82 Å². The first-order valence-corrected chi connectivity index (χ1v) is 12.5. The molecule has 0 aliphatic carbocycles. The second kappa shape index (κ2) is 9.40. The quantitative estimate of drug-likeness (QED) is 0.565. The van der Waals surface area contributed by atoms with Gasteiger partial charge in [0.15, 0.2) is 11.6 Å². The molecule has 3 aromatic rings. The summed E-state index contributed by atoms with van der Waals surface area (Å²) in [6, 6.07) is 13.6. The molecular formula is C23H23FN2O4S2. The van der Waals surface area contributed by atoms with Crippen LogP contribution in [-0.4, -0.2) is 37.8 Å². The van der Waals surface area contributed by atoms with Gasteiger partial charge in [-0.05, 0) is 60.7 Å². The van der Waals surface area contributed by atoms with Crippen molar-refractivity contribution >= 4 is 27.3 Å². The fourth-order valence-corrected chi connectivity index (χ4v) is 5.85. The van der Waals surface area contributed by atoms with E-state index in [1.54, 1.807) is 42.5 Å². The molecule has 4 rings (SSSR count). The minimum atomic E-state index is -3.73. The minimum Gasteiger partial charge on any atom is -0.488 e. The van der Waals surface area contributed by atoms with Gasteiger partial charge in [-0.25, -0.2) is 12.8 Å². The fraction of sp³-hybridized carbons (Fsp3) is 0.261. The molecular weight excluding hydrogens is 451 g/mol. The Morgan fingerprint density at radius 3 is 2.84 bits per heavy atom. The number of nitrogens with one attached hydrogen (secondary N) is 1. The molecule has 32 heavy (non-hydrogen) atoms. The van der Waals surface area contributed by atoms with Gasteiger partial charge in [-0.15, -0.1) is 11.3 Å². The molecule has 2 heterocycles. The molecule has 0 fully saturated rings. The average Bonchev–Trinajstić information content (AvgIpc) is 3.26. The number of carbonyl (C=O) groups is 1. The minimum absolute atomic E-state index is 0.0708. The van der Waals surface area contributed by atoms with Gasteiger partial charge >= 0.3 is 0 Å². The highest BCUT2D eigenvalue weighted by atomic mass is 32.2. The second-order valence-electron chi connectivity index (χ2n) is 7.60. The molecule has 1 unspecified atom stereocenters. The third kappa shape index (κ3) is 4.85. The molecule has 0 spiro atoms. The highest BCUT2D eigenvalue weighted by molar-refractivity contribution is 7.89. The smallest absolute Gasteiger partial charge is 0.251 e. The number of amides is 1. The lowest BCUT2D eigenvalue weighted by atomic mass is 10.1. The molecule has 1 aromatic heterocycles. The Balaban J connectivity index is 1.42. The van der Waals surface area contributed by atoms with Crippen molar-refractivity contribution in [2.24, 2.45) is 0 Å². The molecule has 1 atom stereocenters. The van der Waals surface area contributed by atoms with Crippen LogP contribution in [0.5, 0.6) is 5.75 Å². The van der Waals surface area contributed by atoms with Crippen LogP contribution in [0.25, 0.3) is 0 Å². The number of carbonyl (C=O) groups excluding carboxylic acids is 1. The lowest BCUT2D eigenvalue weighted by molar-refractivity contribution is 0.0926. The van der Waals surface area contributed by atoms with Crippen LogP contribution in [0.1, 0.15) is 27.7 Å². The zero-order valence-corrected chi connectivity index (χ0v) is 19.1. The SMILES string of the molecule is CC(COc1ccccc1F)NC(=O)c1cccc(S(=O)(=O)N2CCc3sccc3C2)c1. The monoisotopic (exact) mass is 474 g/mol. The first-order valence-electron chi connectivity index (χ1n) is 10.2. The molecule has 0 radical (unpaired) electrons. The number of para-hydroxylation sites is 1. The van der Waals surface area contributed by atoms with Crippen molar-refractivity contribution in [1.82, 2.24) is 9.62 Å². The number of hydrogen-bond acceptors (Lipinski definition) is 5. The molecule has 6 nitrogen and oxygen atoms in total. The van der Waals surface area contributed by atoms with E-state index in [0.717, 1.165) is 5.56 Å². The Kier molecular flexibility index (Phi) is 6.59. The average molecular weight is 475 g/mol. The van der Waals surface area contributed by atoms with Crippen molar-refractivity contribution in [2.75, 3.05) is 13.2 Å². The van der Waals surface area contributed by atoms with Gasteiger partial charge in [0.1, 0.15) is 6.61 Å². The lowest BCUT2D eigenvalue weighted by Crippen LogP contribution is -2.37. The number of nitrogens with zero attached hydrogens (tertiary/aromatic N) is 1. The van der Waals surface area contributed by atoms with Crippen molar-refractivity contribution in [3.8, 4) is 5.75 Å². The Morgan fingerprint density at radius 2 is 2.03 bits per heavy atom. The molecule has 1 aliphatic heterocycles. The van der Waals surface area contributed by atoms with Crippen LogP contribution in [0.4, 0.5) is 4.39 Å². The lowest BCUT2D eigenvalue weighted by Gasteiger charge is -2.26. The highest BCUT2D eigenvalue weighted by Gasteiger charge is 2.29. The van der Waals surface area contributed by atoms with Crippen molar-refractivity contribution in [1.29, 1.82) is 0 Å². The predicted octanol–water partition coefficient (Wildman–Crippen LogP) is 3.83. The van der Waals surface area contributed by atoms with Crippen molar-refractivity contribution < 1.29 is 22.3 Å². The van der Waals surface area contributed by atoms with E-state index in [1.807, 2.05) is 11.4 Å². The summed E-state index contributed by atoms with van der Waals surface area (Å²) in [4.78, 5) is 14.0. The van der Waals surface area contributed by atoms with Crippen LogP contribution >= 0.6 is 11.3 Å². The number of halogens is 1. The third-order valence-electron chi connectivity index (χ3n) is 5.21. The first-order chi connectivity index (χ1) is 15.3. The van der Waals surface area contributed by atoms with Gasteiger partial charge in [-0.2, -0.15) is 4.31 Å². The van der Waals surface area contributed by atoms with Gasteiger partial charge in [0.2, 0.25) is 10.0 Å². The maximum absolute atomic E-state index is 13.7. The number of hydrogen-bond donors (Lipinski definition) is 1. The van der Waals surface area contributed by atoms with E-state index in [0.29, 0.717) is 19.5 Å². The van der Waals surface area contributed by atoms with Gasteiger partial charge in [-0.1, -0.05) is 18.2 Å². The Hall–Kier alpha value is -2.75. The third-order valence-corrected chi connectivity index (χ3v) is 8.07. The Bertz CT molecular complexity index is 1230. The topological polar surface area (TPSA) is 75.7 Å². The summed E-state index contributed by atoms with van der Waals surface area (Å²) >= 11 is 1.64. The fourth-order valence-electron chi connectivity index (χ4n) is 3.50. The number of benzene rings is 2. The first kappa shape index (κ1) is 22.4. The van der Waals surface area contributed by atoms with Crippen LogP contribution in [0.15, 0.2) is 64.9 Å². The van der Waals surface area contributed by atoms with Gasteiger partial charge < -0.3 is 10.1 Å². The summed E-state index contributed by atoms with van der Waals surface area (Å²) in [5.74, 6) is -0.793. The Morgan fingerprint density at radius 1 is 1.22 bits per heavy atom. The van der Waals surface area contributed by atoms with E-state index >= 15 is 0 Å². The summed E-state index contributed by atoms with van der Waals surface area (Å²) in [7, 11) is -3.73. The number of fused-ring (bicyclic) bond motifs is 1. The number of sulfonamides is 1. The molecule has 0 saturated heterocycles. The molecule has 168 valence electrons. The zero-order valence-electron chi connectivity index (χ0n) is 17.5. The summed E-state index contributed by atoms with van der Waals surface area (Å²) in [6.07, 6.45) is 0.686. The van der Waals surface area contributed by atoms with Crippen molar-refractivity contribution in [3.05, 3.63) is 81.8 Å². The summed E-state index contributed by atoms with van der Waals surface area (Å²) in [5.41, 5.74) is 1.26. The van der Waals surface area contributed by atoms with Crippen LogP contribution in [0.3, 0.4) is 0 Å². The zero-order chi connectivity index (χ0) is 22.7. The molecule has 0 saturated carbocycles. The van der Waals surface area contributed by atoms with Crippen molar-refractivity contribution in [3.63, 3.8) is 0 Å². The standard InChI is InChI=1S/C23H23FN2O4S2/c1-16(15-30-21-8-3-2-7-20(21)24)25-23(27)17-5-4-6-19(13-17)32(28,29)26-11-9-22-18(14-26)10-12-31-22/h2-8,10,12-13,16H,9,11,14-15H2,1H3,(H,25,27). The van der Waals surface area contributed by atoms with E-state index in [4.69, 9.17) is 4.74 Å². The van der Waals surface area contributed by atoms with Gasteiger partial charge in [0.25, 0.3) is 5.91 Å². The van der Waals surface area contributed by atoms with Gasteiger partial charge in [0, 0.05) is 23.5 Å². The maximum Gasteiger partial charge on any atom is 0.251 e. The van der Waals surface area contributed by atoms with Crippen molar-refractivity contribution in [2.45, 2.75) is 30.8 Å².